The summed E-state index contributed by atoms with van der Waals surface area (Å²) in [6, 6.07) is 2.73. The van der Waals surface area contributed by atoms with E-state index in [9.17, 15) is 14.7 Å². The van der Waals surface area contributed by atoms with Crippen molar-refractivity contribution in [2.45, 2.75) is 49.3 Å². The van der Waals surface area contributed by atoms with Crippen LogP contribution < -0.4 is 0 Å². The number of hydrogen-bond donors (Lipinski definition) is 1. The number of nitrogens with zero attached hydrogens (tertiary/aromatic N) is 1. The summed E-state index contributed by atoms with van der Waals surface area (Å²) in [5, 5.41) is 10.1. The van der Waals surface area contributed by atoms with E-state index >= 15 is 0 Å². The Kier molecular flexibility index (Phi) is 3.97. The van der Waals surface area contributed by atoms with Crippen LogP contribution in [0.4, 0.5) is 0 Å². The summed E-state index contributed by atoms with van der Waals surface area (Å²) < 4.78 is 5.49. The number of hydrogen-bond acceptors (Lipinski definition) is 4. The van der Waals surface area contributed by atoms with Gasteiger partial charge in [-0.1, -0.05) is 24.6 Å². The van der Waals surface area contributed by atoms with Gasteiger partial charge in [-0.15, -0.1) is 0 Å². The van der Waals surface area contributed by atoms with Crippen molar-refractivity contribution in [3.63, 3.8) is 0 Å². The van der Waals surface area contributed by atoms with Crippen molar-refractivity contribution in [3.8, 4) is 0 Å². The van der Waals surface area contributed by atoms with Crippen molar-refractivity contribution < 1.29 is 19.1 Å². The van der Waals surface area contributed by atoms with Crippen molar-refractivity contribution in [1.29, 1.82) is 0 Å². The Morgan fingerprint density at radius 3 is 2.76 bits per heavy atom. The second kappa shape index (κ2) is 5.75. The first kappa shape index (κ1) is 14.5. The molecule has 2 heterocycles. The van der Waals surface area contributed by atoms with Gasteiger partial charge in [-0.25, -0.2) is 4.79 Å². The lowest BCUT2D eigenvalue weighted by Crippen LogP contribution is -2.46. The molecule has 3 unspecified atom stereocenters. The van der Waals surface area contributed by atoms with E-state index in [0.29, 0.717) is 17.4 Å². The molecule has 21 heavy (non-hydrogen) atoms. The maximum atomic E-state index is 12.7. The van der Waals surface area contributed by atoms with E-state index in [-0.39, 0.29) is 17.7 Å². The van der Waals surface area contributed by atoms with Crippen molar-refractivity contribution in [3.05, 3.63) is 17.9 Å². The molecule has 2 aliphatic rings. The van der Waals surface area contributed by atoms with Crippen molar-refractivity contribution in [1.82, 2.24) is 4.90 Å². The minimum atomic E-state index is -0.908. The second-order valence-electron chi connectivity index (χ2n) is 5.74. The number of carboxylic acid groups (broad SMARTS) is 1. The predicted octanol–water partition coefficient (Wildman–Crippen LogP) is 2.86. The van der Waals surface area contributed by atoms with Crippen LogP contribution in [0.25, 0.3) is 0 Å². The topological polar surface area (TPSA) is 70.8 Å². The average Bonchev–Trinajstić information content (AvgIpc) is 3.11. The quantitative estimate of drug-likeness (QED) is 0.869. The molecule has 1 N–H and O–H groups in total. The predicted molar refractivity (Wildman–Crippen MR) is 78.4 cm³/mol. The van der Waals surface area contributed by atoms with Crippen molar-refractivity contribution >= 4 is 23.6 Å². The number of carbonyl (C=O) groups is 2. The summed E-state index contributed by atoms with van der Waals surface area (Å²) in [5.41, 5.74) is 0. The lowest BCUT2D eigenvalue weighted by molar-refractivity contribution is -0.141. The molecule has 3 atom stereocenters. The highest BCUT2D eigenvalue weighted by Crippen LogP contribution is 2.40. The third kappa shape index (κ3) is 2.57. The van der Waals surface area contributed by atoms with E-state index in [1.165, 1.54) is 11.8 Å². The van der Waals surface area contributed by atoms with Crippen LogP contribution >= 0.6 is 11.8 Å². The molecule has 1 aromatic heterocycles. The van der Waals surface area contributed by atoms with Crippen LogP contribution in [0.5, 0.6) is 0 Å². The first-order chi connectivity index (χ1) is 10.1. The van der Waals surface area contributed by atoms with Gasteiger partial charge in [-0.05, 0) is 43.6 Å². The molecular formula is C15H19NO4S. The minimum Gasteiger partial charge on any atom is -0.480 e. The molecule has 1 aliphatic carbocycles. The van der Waals surface area contributed by atoms with E-state index in [1.54, 1.807) is 17.0 Å². The monoisotopic (exact) mass is 309 g/mol. The number of furan rings is 1. The Morgan fingerprint density at radius 2 is 2.10 bits per heavy atom. The van der Waals surface area contributed by atoms with Crippen LogP contribution in [0.2, 0.25) is 0 Å². The van der Waals surface area contributed by atoms with Crippen molar-refractivity contribution in [2.75, 3.05) is 6.26 Å². The maximum absolute atomic E-state index is 12.7. The standard InChI is InChI=1S/C15H19NO4S/c1-21-13-7-6-12(20-13)14(17)16-10-5-3-2-4-9(10)8-11(16)15(18)19/h6-7,9-11H,2-5,8H2,1H3,(H,18,19). The molecule has 3 rings (SSSR count). The first-order valence-corrected chi connectivity index (χ1v) is 8.53. The Balaban J connectivity index is 1.88. The molecule has 1 saturated heterocycles. The first-order valence-electron chi connectivity index (χ1n) is 7.31. The van der Waals surface area contributed by atoms with E-state index in [1.807, 2.05) is 6.26 Å². The number of fused-ring (bicyclic) bond motifs is 1. The molecule has 1 aromatic rings. The van der Waals surface area contributed by atoms with Crippen LogP contribution in [-0.2, 0) is 4.79 Å². The van der Waals surface area contributed by atoms with E-state index < -0.39 is 12.0 Å². The molecule has 0 radical (unpaired) electrons. The highest BCUT2D eigenvalue weighted by Gasteiger charge is 2.48. The molecule has 5 nitrogen and oxygen atoms in total. The zero-order chi connectivity index (χ0) is 15.0. The van der Waals surface area contributed by atoms with Gasteiger partial charge in [-0.3, -0.25) is 4.79 Å². The lowest BCUT2D eigenvalue weighted by atomic mass is 9.84. The van der Waals surface area contributed by atoms with Gasteiger partial charge in [0.25, 0.3) is 5.91 Å². The Morgan fingerprint density at radius 1 is 1.33 bits per heavy atom. The smallest absolute Gasteiger partial charge is 0.326 e. The van der Waals surface area contributed by atoms with Gasteiger partial charge in [0, 0.05) is 6.04 Å². The van der Waals surface area contributed by atoms with Gasteiger partial charge in [0.2, 0.25) is 0 Å². The number of likely N-dealkylation sites (tertiary alicyclic amines) is 1. The Hall–Kier alpha value is -1.43. The minimum absolute atomic E-state index is 0.0511. The summed E-state index contributed by atoms with van der Waals surface area (Å²) in [5.74, 6) is -0.623. The van der Waals surface area contributed by atoms with Gasteiger partial charge < -0.3 is 14.4 Å². The summed E-state index contributed by atoms with van der Waals surface area (Å²) in [7, 11) is 0. The molecule has 1 aliphatic heterocycles. The highest BCUT2D eigenvalue weighted by molar-refractivity contribution is 7.98. The summed E-state index contributed by atoms with van der Waals surface area (Å²) in [4.78, 5) is 25.8. The number of aliphatic carboxylic acids is 1. The van der Waals surface area contributed by atoms with E-state index in [2.05, 4.69) is 0 Å². The number of rotatable bonds is 3. The molecule has 0 spiro atoms. The van der Waals surface area contributed by atoms with Crippen LogP contribution in [-0.4, -0.2) is 40.2 Å². The zero-order valence-corrected chi connectivity index (χ0v) is 12.8. The van der Waals surface area contributed by atoms with Crippen LogP contribution in [0.3, 0.4) is 0 Å². The molecule has 6 heteroatoms. The van der Waals surface area contributed by atoms with Gasteiger partial charge in [-0.2, -0.15) is 0 Å². The lowest BCUT2D eigenvalue weighted by Gasteiger charge is -2.32. The normalized spacial score (nSPS) is 28.4. The van der Waals surface area contributed by atoms with Crippen LogP contribution in [0, 0.1) is 5.92 Å². The molecule has 114 valence electrons. The van der Waals surface area contributed by atoms with Crippen LogP contribution in [0.1, 0.15) is 42.7 Å². The molecule has 0 bridgehead atoms. The largest absolute Gasteiger partial charge is 0.480 e. The third-order valence-corrected chi connectivity index (χ3v) is 5.22. The fraction of sp³-hybridized carbons (Fsp3) is 0.600. The fourth-order valence-corrected chi connectivity index (χ4v) is 4.02. The van der Waals surface area contributed by atoms with E-state index in [0.717, 1.165) is 25.7 Å². The number of thioether (sulfide) groups is 1. The molecular weight excluding hydrogens is 290 g/mol. The second-order valence-corrected chi connectivity index (χ2v) is 6.55. The third-order valence-electron chi connectivity index (χ3n) is 4.60. The number of carbonyl (C=O) groups excluding carboxylic acids is 1. The fourth-order valence-electron chi connectivity index (χ4n) is 3.64. The molecule has 1 amide bonds. The molecule has 2 fully saturated rings. The SMILES string of the molecule is CSc1ccc(C(=O)N2C(C(=O)O)CC3CCCCC32)o1. The Labute approximate surface area is 127 Å². The van der Waals surface area contributed by atoms with Gasteiger partial charge in [0.05, 0.1) is 0 Å². The van der Waals surface area contributed by atoms with Crippen molar-refractivity contribution in [2.24, 2.45) is 5.92 Å². The summed E-state index contributed by atoms with van der Waals surface area (Å²) in [6.45, 7) is 0. The summed E-state index contributed by atoms with van der Waals surface area (Å²) in [6.07, 6.45) is 6.56. The maximum Gasteiger partial charge on any atom is 0.326 e. The zero-order valence-electron chi connectivity index (χ0n) is 11.9. The number of amides is 1. The van der Waals surface area contributed by atoms with Gasteiger partial charge >= 0.3 is 5.97 Å². The average molecular weight is 309 g/mol. The van der Waals surface area contributed by atoms with E-state index in [4.69, 9.17) is 4.42 Å². The molecule has 0 aromatic carbocycles. The number of carboxylic acids is 1. The Bertz CT molecular complexity index is 556. The summed E-state index contributed by atoms with van der Waals surface area (Å²) >= 11 is 1.43. The van der Waals surface area contributed by atoms with Gasteiger partial charge in [0.15, 0.2) is 10.9 Å². The molecule has 1 saturated carbocycles. The highest BCUT2D eigenvalue weighted by atomic mass is 32.2. The van der Waals surface area contributed by atoms with Crippen LogP contribution in [0.15, 0.2) is 21.6 Å². The van der Waals surface area contributed by atoms with Gasteiger partial charge in [0.1, 0.15) is 6.04 Å².